The lowest BCUT2D eigenvalue weighted by Crippen LogP contribution is -2.17. The standard InChI is InChI=1S/C13H13F2NS/c14-12-3-1-2-11(13(12)15)8-16-6-4-10-5-7-17-9-10/h1-3,5,7,9,16H,4,6,8H2. The van der Waals surface area contributed by atoms with Crippen LogP contribution in [0, 0.1) is 11.6 Å². The summed E-state index contributed by atoms with van der Waals surface area (Å²) in [6.45, 7) is 1.11. The second-order valence-corrected chi connectivity index (χ2v) is 4.55. The van der Waals surface area contributed by atoms with E-state index in [2.05, 4.69) is 16.8 Å². The Bertz CT molecular complexity index is 468. The van der Waals surface area contributed by atoms with Crippen LogP contribution in [0.2, 0.25) is 0 Å². The van der Waals surface area contributed by atoms with Crippen molar-refractivity contribution < 1.29 is 8.78 Å². The maximum absolute atomic E-state index is 13.3. The lowest BCUT2D eigenvalue weighted by molar-refractivity contribution is 0.493. The minimum absolute atomic E-state index is 0.355. The Hall–Kier alpha value is -1.26. The van der Waals surface area contributed by atoms with Crippen LogP contribution in [0.5, 0.6) is 0 Å². The first-order valence-corrected chi connectivity index (χ1v) is 6.36. The fourth-order valence-corrected chi connectivity index (χ4v) is 2.28. The second-order valence-electron chi connectivity index (χ2n) is 3.77. The van der Waals surface area contributed by atoms with Gasteiger partial charge in [-0.15, -0.1) is 0 Å². The Balaban J connectivity index is 1.80. The summed E-state index contributed by atoms with van der Waals surface area (Å²) in [4.78, 5) is 0. The van der Waals surface area contributed by atoms with Gasteiger partial charge in [-0.3, -0.25) is 0 Å². The van der Waals surface area contributed by atoms with Crippen molar-refractivity contribution >= 4 is 11.3 Å². The van der Waals surface area contributed by atoms with Gasteiger partial charge in [0.1, 0.15) is 0 Å². The molecular formula is C13H13F2NS. The first-order valence-electron chi connectivity index (χ1n) is 5.42. The van der Waals surface area contributed by atoms with Gasteiger partial charge in [0.2, 0.25) is 0 Å². The van der Waals surface area contributed by atoms with Crippen LogP contribution in [0.1, 0.15) is 11.1 Å². The molecule has 0 fully saturated rings. The number of benzene rings is 1. The molecule has 1 nitrogen and oxygen atoms in total. The molecule has 0 saturated heterocycles. The van der Waals surface area contributed by atoms with Crippen LogP contribution in [0.3, 0.4) is 0 Å². The predicted molar refractivity (Wildman–Crippen MR) is 66.1 cm³/mol. The van der Waals surface area contributed by atoms with Crippen LogP contribution in [0.25, 0.3) is 0 Å². The fraction of sp³-hybridized carbons (Fsp3) is 0.231. The first kappa shape index (κ1) is 12.2. The maximum Gasteiger partial charge on any atom is 0.163 e. The molecule has 4 heteroatoms. The highest BCUT2D eigenvalue weighted by Gasteiger charge is 2.06. The van der Waals surface area contributed by atoms with E-state index >= 15 is 0 Å². The highest BCUT2D eigenvalue weighted by Crippen LogP contribution is 2.11. The third-order valence-electron chi connectivity index (χ3n) is 2.52. The number of nitrogens with one attached hydrogen (secondary N) is 1. The van der Waals surface area contributed by atoms with E-state index in [0.29, 0.717) is 12.1 Å². The summed E-state index contributed by atoms with van der Waals surface area (Å²) in [6.07, 6.45) is 0.903. The minimum Gasteiger partial charge on any atom is -0.312 e. The van der Waals surface area contributed by atoms with Crippen LogP contribution >= 0.6 is 11.3 Å². The van der Waals surface area contributed by atoms with Gasteiger partial charge in [-0.1, -0.05) is 12.1 Å². The Labute approximate surface area is 103 Å². The highest BCUT2D eigenvalue weighted by atomic mass is 32.1. The second kappa shape index (κ2) is 5.89. The first-order chi connectivity index (χ1) is 8.27. The lowest BCUT2D eigenvalue weighted by Gasteiger charge is -2.05. The molecule has 2 rings (SSSR count). The Morgan fingerprint density at radius 2 is 2.06 bits per heavy atom. The smallest absolute Gasteiger partial charge is 0.163 e. The molecule has 0 unspecified atom stereocenters. The summed E-state index contributed by atoms with van der Waals surface area (Å²) >= 11 is 1.66. The summed E-state index contributed by atoms with van der Waals surface area (Å²) in [5, 5.41) is 7.22. The molecule has 0 atom stereocenters. The molecule has 1 aromatic heterocycles. The van der Waals surface area contributed by atoms with Crippen molar-refractivity contribution in [1.29, 1.82) is 0 Å². The quantitative estimate of drug-likeness (QED) is 0.806. The fourth-order valence-electron chi connectivity index (χ4n) is 1.58. The summed E-state index contributed by atoms with van der Waals surface area (Å²) in [7, 11) is 0. The maximum atomic E-state index is 13.3. The van der Waals surface area contributed by atoms with Crippen molar-refractivity contribution in [2.75, 3.05) is 6.54 Å². The van der Waals surface area contributed by atoms with Gasteiger partial charge >= 0.3 is 0 Å². The molecule has 0 aliphatic heterocycles. The van der Waals surface area contributed by atoms with Gasteiger partial charge in [0.05, 0.1) is 0 Å². The molecule has 2 aromatic rings. The predicted octanol–water partition coefficient (Wildman–Crippen LogP) is 3.36. The van der Waals surface area contributed by atoms with Crippen LogP contribution in [0.4, 0.5) is 8.78 Å². The van der Waals surface area contributed by atoms with E-state index in [4.69, 9.17) is 0 Å². The van der Waals surface area contributed by atoms with Crippen molar-refractivity contribution in [1.82, 2.24) is 5.32 Å². The van der Waals surface area contributed by atoms with Crippen LogP contribution in [-0.4, -0.2) is 6.54 Å². The SMILES string of the molecule is Fc1cccc(CNCCc2ccsc2)c1F. The number of thiophene rings is 1. The number of rotatable bonds is 5. The molecule has 0 saturated carbocycles. The summed E-state index contributed by atoms with van der Waals surface area (Å²) < 4.78 is 26.2. The number of halogens is 2. The normalized spacial score (nSPS) is 10.7. The molecule has 0 bridgehead atoms. The zero-order chi connectivity index (χ0) is 12.1. The highest BCUT2D eigenvalue weighted by molar-refractivity contribution is 7.07. The molecule has 0 radical (unpaired) electrons. The Kier molecular flexibility index (Phi) is 4.23. The summed E-state index contributed by atoms with van der Waals surface area (Å²) in [5.74, 6) is -1.54. The molecule has 17 heavy (non-hydrogen) atoms. The lowest BCUT2D eigenvalue weighted by atomic mass is 10.2. The van der Waals surface area contributed by atoms with Crippen LogP contribution in [0.15, 0.2) is 35.0 Å². The van der Waals surface area contributed by atoms with E-state index in [1.165, 1.54) is 11.6 Å². The average Bonchev–Trinajstić information content (AvgIpc) is 2.83. The largest absolute Gasteiger partial charge is 0.312 e. The number of hydrogen-bond acceptors (Lipinski definition) is 2. The van der Waals surface area contributed by atoms with Gasteiger partial charge in [0, 0.05) is 12.1 Å². The van der Waals surface area contributed by atoms with Gasteiger partial charge < -0.3 is 5.32 Å². The Morgan fingerprint density at radius 3 is 2.82 bits per heavy atom. The van der Waals surface area contributed by atoms with Crippen LogP contribution in [-0.2, 0) is 13.0 Å². The monoisotopic (exact) mass is 253 g/mol. The molecule has 1 N–H and O–H groups in total. The van der Waals surface area contributed by atoms with Crippen molar-refractivity contribution in [3.05, 3.63) is 57.8 Å². The van der Waals surface area contributed by atoms with Crippen molar-refractivity contribution in [3.63, 3.8) is 0 Å². The minimum atomic E-state index is -0.790. The molecule has 90 valence electrons. The van der Waals surface area contributed by atoms with Gasteiger partial charge in [-0.25, -0.2) is 8.78 Å². The van der Waals surface area contributed by atoms with Crippen molar-refractivity contribution in [3.8, 4) is 0 Å². The zero-order valence-corrected chi connectivity index (χ0v) is 10.1. The summed E-state index contributed by atoms with van der Waals surface area (Å²) in [6, 6.07) is 6.31. The van der Waals surface area contributed by atoms with Crippen LogP contribution < -0.4 is 5.32 Å². The molecule has 0 spiro atoms. The van der Waals surface area contributed by atoms with Crippen molar-refractivity contribution in [2.24, 2.45) is 0 Å². The zero-order valence-electron chi connectivity index (χ0n) is 9.25. The molecule has 1 heterocycles. The molecule has 1 aromatic carbocycles. The molecule has 0 aliphatic rings. The average molecular weight is 253 g/mol. The Morgan fingerprint density at radius 1 is 1.18 bits per heavy atom. The third-order valence-corrected chi connectivity index (χ3v) is 3.25. The van der Waals surface area contributed by atoms with Crippen molar-refractivity contribution in [2.45, 2.75) is 13.0 Å². The summed E-state index contributed by atoms with van der Waals surface area (Å²) in [5.41, 5.74) is 1.64. The van der Waals surface area contributed by atoms with E-state index < -0.39 is 11.6 Å². The number of hydrogen-bond donors (Lipinski definition) is 1. The van der Waals surface area contributed by atoms with E-state index in [-0.39, 0.29) is 0 Å². The van der Waals surface area contributed by atoms with Gasteiger partial charge in [0.15, 0.2) is 11.6 Å². The topological polar surface area (TPSA) is 12.0 Å². The van der Waals surface area contributed by atoms with E-state index in [1.807, 2.05) is 5.38 Å². The third kappa shape index (κ3) is 3.35. The van der Waals surface area contributed by atoms with Gasteiger partial charge in [0.25, 0.3) is 0 Å². The van der Waals surface area contributed by atoms with E-state index in [9.17, 15) is 8.78 Å². The molecular weight excluding hydrogens is 240 g/mol. The van der Waals surface area contributed by atoms with Gasteiger partial charge in [-0.2, -0.15) is 11.3 Å². The molecule has 0 amide bonds. The van der Waals surface area contributed by atoms with Gasteiger partial charge in [-0.05, 0) is 41.4 Å². The van der Waals surface area contributed by atoms with E-state index in [0.717, 1.165) is 19.0 Å². The van der Waals surface area contributed by atoms with E-state index in [1.54, 1.807) is 17.4 Å². The molecule has 0 aliphatic carbocycles.